The van der Waals surface area contributed by atoms with Crippen LogP contribution in [0.4, 0.5) is 0 Å². The van der Waals surface area contributed by atoms with Crippen molar-refractivity contribution >= 4 is 11.8 Å². The SMILES string of the molecule is CC(O)CC(=O)Cc1cc(O)cc(O)c1C(=O)O. The lowest BCUT2D eigenvalue weighted by molar-refractivity contribution is -0.120. The molecule has 0 saturated carbocycles. The van der Waals surface area contributed by atoms with E-state index in [0.717, 1.165) is 12.1 Å². The highest BCUT2D eigenvalue weighted by molar-refractivity contribution is 5.95. The van der Waals surface area contributed by atoms with Crippen molar-refractivity contribution in [2.24, 2.45) is 0 Å². The molecule has 0 heterocycles. The molecule has 0 saturated heterocycles. The van der Waals surface area contributed by atoms with Crippen molar-refractivity contribution in [1.29, 1.82) is 0 Å². The fraction of sp³-hybridized carbons (Fsp3) is 0.333. The lowest BCUT2D eigenvalue weighted by Gasteiger charge is -2.09. The standard InChI is InChI=1S/C12H14O6/c1-6(13)2-8(14)3-7-4-9(15)5-10(16)11(7)12(17)18/h4-6,13,15-16H,2-3H2,1H3,(H,17,18). The van der Waals surface area contributed by atoms with Gasteiger partial charge in [-0.2, -0.15) is 0 Å². The van der Waals surface area contributed by atoms with Crippen molar-refractivity contribution in [2.45, 2.75) is 25.9 Å². The topological polar surface area (TPSA) is 115 Å². The Hall–Kier alpha value is -2.08. The van der Waals surface area contributed by atoms with Crippen molar-refractivity contribution in [2.75, 3.05) is 0 Å². The Morgan fingerprint density at radius 2 is 1.89 bits per heavy atom. The largest absolute Gasteiger partial charge is 0.508 e. The molecule has 1 rings (SSSR count). The van der Waals surface area contributed by atoms with Crippen LogP contribution in [0.1, 0.15) is 29.3 Å². The van der Waals surface area contributed by atoms with Gasteiger partial charge in [-0.15, -0.1) is 0 Å². The maximum absolute atomic E-state index is 11.5. The number of carboxylic acids is 1. The molecular weight excluding hydrogens is 240 g/mol. The second-order valence-electron chi connectivity index (χ2n) is 4.07. The average molecular weight is 254 g/mol. The van der Waals surface area contributed by atoms with Crippen LogP contribution in [0, 0.1) is 0 Å². The third-order valence-corrected chi connectivity index (χ3v) is 2.31. The summed E-state index contributed by atoms with van der Waals surface area (Å²) >= 11 is 0. The third-order valence-electron chi connectivity index (χ3n) is 2.31. The van der Waals surface area contributed by atoms with Crippen LogP contribution in [0.3, 0.4) is 0 Å². The van der Waals surface area contributed by atoms with E-state index in [1.54, 1.807) is 0 Å². The van der Waals surface area contributed by atoms with Crippen LogP contribution < -0.4 is 0 Å². The van der Waals surface area contributed by atoms with Crippen LogP contribution in [0.2, 0.25) is 0 Å². The quantitative estimate of drug-likeness (QED) is 0.614. The van der Waals surface area contributed by atoms with Gasteiger partial charge in [-0.3, -0.25) is 4.79 Å². The highest BCUT2D eigenvalue weighted by Gasteiger charge is 2.19. The van der Waals surface area contributed by atoms with E-state index in [2.05, 4.69) is 0 Å². The first-order valence-corrected chi connectivity index (χ1v) is 5.29. The van der Waals surface area contributed by atoms with E-state index in [4.69, 9.17) is 10.2 Å². The predicted molar refractivity (Wildman–Crippen MR) is 61.7 cm³/mol. The van der Waals surface area contributed by atoms with E-state index in [1.165, 1.54) is 6.92 Å². The zero-order valence-electron chi connectivity index (χ0n) is 9.75. The molecule has 6 nitrogen and oxygen atoms in total. The van der Waals surface area contributed by atoms with Gasteiger partial charge < -0.3 is 20.4 Å². The number of carbonyl (C=O) groups excluding carboxylic acids is 1. The number of benzene rings is 1. The summed E-state index contributed by atoms with van der Waals surface area (Å²) in [6, 6.07) is 2.01. The van der Waals surface area contributed by atoms with Crippen LogP contribution in [-0.2, 0) is 11.2 Å². The van der Waals surface area contributed by atoms with Crippen molar-refractivity contribution in [3.8, 4) is 11.5 Å². The summed E-state index contributed by atoms with van der Waals surface area (Å²) in [5, 5.41) is 36.7. The molecule has 0 aliphatic carbocycles. The van der Waals surface area contributed by atoms with E-state index < -0.39 is 23.4 Å². The fourth-order valence-electron chi connectivity index (χ4n) is 1.67. The van der Waals surface area contributed by atoms with E-state index in [1.807, 2.05) is 0 Å². The number of phenolic OH excluding ortho intramolecular Hbond substituents is 1. The number of aromatic carboxylic acids is 1. The van der Waals surface area contributed by atoms with Gasteiger partial charge in [-0.1, -0.05) is 0 Å². The number of aliphatic hydroxyl groups excluding tert-OH is 1. The zero-order valence-corrected chi connectivity index (χ0v) is 9.75. The maximum atomic E-state index is 11.5. The van der Waals surface area contributed by atoms with Gasteiger partial charge in [-0.05, 0) is 18.6 Å². The van der Waals surface area contributed by atoms with E-state index in [9.17, 15) is 19.8 Å². The number of rotatable bonds is 5. The summed E-state index contributed by atoms with van der Waals surface area (Å²) in [5.74, 6) is -2.68. The second-order valence-corrected chi connectivity index (χ2v) is 4.07. The monoisotopic (exact) mass is 254 g/mol. The molecule has 0 aliphatic rings. The summed E-state index contributed by atoms with van der Waals surface area (Å²) in [6.45, 7) is 1.44. The Morgan fingerprint density at radius 1 is 1.28 bits per heavy atom. The minimum absolute atomic E-state index is 0.0191. The molecular formula is C12H14O6. The summed E-state index contributed by atoms with van der Waals surface area (Å²) in [6.07, 6.45) is -1.21. The van der Waals surface area contributed by atoms with Crippen LogP contribution in [0.5, 0.6) is 11.5 Å². The molecule has 0 aromatic heterocycles. The number of carbonyl (C=O) groups is 2. The van der Waals surface area contributed by atoms with Gasteiger partial charge in [0, 0.05) is 18.9 Å². The molecule has 1 atom stereocenters. The normalized spacial score (nSPS) is 12.1. The molecule has 4 N–H and O–H groups in total. The van der Waals surface area contributed by atoms with Gasteiger partial charge in [0.25, 0.3) is 0 Å². The van der Waals surface area contributed by atoms with Crippen LogP contribution >= 0.6 is 0 Å². The molecule has 1 aromatic rings. The van der Waals surface area contributed by atoms with Crippen molar-refractivity contribution < 1.29 is 30.0 Å². The number of phenols is 2. The number of aliphatic hydroxyl groups is 1. The van der Waals surface area contributed by atoms with E-state index in [0.29, 0.717) is 0 Å². The number of Topliss-reactive ketones (excluding diaryl/α,β-unsaturated/α-hetero) is 1. The van der Waals surface area contributed by atoms with Gasteiger partial charge in [0.1, 0.15) is 22.8 Å². The van der Waals surface area contributed by atoms with Gasteiger partial charge in [0.2, 0.25) is 0 Å². The molecule has 1 aromatic carbocycles. The predicted octanol–water partition coefficient (Wildman–Crippen LogP) is 0.678. The van der Waals surface area contributed by atoms with Gasteiger partial charge in [0.15, 0.2) is 0 Å². The number of hydrogen-bond acceptors (Lipinski definition) is 5. The summed E-state index contributed by atoms with van der Waals surface area (Å²) < 4.78 is 0. The van der Waals surface area contributed by atoms with E-state index >= 15 is 0 Å². The molecule has 0 aliphatic heterocycles. The van der Waals surface area contributed by atoms with Crippen LogP contribution in [0.25, 0.3) is 0 Å². The first-order valence-electron chi connectivity index (χ1n) is 5.29. The highest BCUT2D eigenvalue weighted by Crippen LogP contribution is 2.28. The maximum Gasteiger partial charge on any atom is 0.339 e. The molecule has 1 unspecified atom stereocenters. The molecule has 0 amide bonds. The van der Waals surface area contributed by atoms with Crippen molar-refractivity contribution in [3.63, 3.8) is 0 Å². The lowest BCUT2D eigenvalue weighted by Crippen LogP contribution is -2.14. The summed E-state index contributed by atoms with van der Waals surface area (Å²) in [5.41, 5.74) is -0.391. The Balaban J connectivity index is 3.07. The first-order chi connectivity index (χ1) is 8.31. The lowest BCUT2D eigenvalue weighted by atomic mass is 9.99. The Kier molecular flexibility index (Phi) is 4.28. The van der Waals surface area contributed by atoms with Gasteiger partial charge in [0.05, 0.1) is 6.10 Å². The second kappa shape index (κ2) is 5.50. The third kappa shape index (κ3) is 3.46. The number of hydrogen-bond donors (Lipinski definition) is 4. The first kappa shape index (κ1) is 14.0. The Bertz CT molecular complexity index is 478. The molecule has 98 valence electrons. The molecule has 0 spiro atoms. The van der Waals surface area contributed by atoms with Gasteiger partial charge in [-0.25, -0.2) is 4.79 Å². The summed E-state index contributed by atoms with van der Waals surface area (Å²) in [7, 11) is 0. The fourth-order valence-corrected chi connectivity index (χ4v) is 1.67. The smallest absolute Gasteiger partial charge is 0.339 e. The van der Waals surface area contributed by atoms with Gasteiger partial charge >= 0.3 is 5.97 Å². The molecule has 6 heteroatoms. The minimum Gasteiger partial charge on any atom is -0.508 e. The molecule has 0 bridgehead atoms. The highest BCUT2D eigenvalue weighted by atomic mass is 16.4. The zero-order chi connectivity index (χ0) is 13.9. The Morgan fingerprint density at radius 3 is 2.39 bits per heavy atom. The van der Waals surface area contributed by atoms with Crippen molar-refractivity contribution in [3.05, 3.63) is 23.3 Å². The van der Waals surface area contributed by atoms with E-state index in [-0.39, 0.29) is 29.9 Å². The molecule has 18 heavy (non-hydrogen) atoms. The Labute approximate surface area is 103 Å². The van der Waals surface area contributed by atoms with Crippen LogP contribution in [0.15, 0.2) is 12.1 Å². The average Bonchev–Trinajstić information content (AvgIpc) is 2.12. The molecule has 0 radical (unpaired) electrons. The summed E-state index contributed by atoms with van der Waals surface area (Å²) in [4.78, 5) is 22.5. The van der Waals surface area contributed by atoms with Crippen LogP contribution in [-0.4, -0.2) is 38.3 Å². The minimum atomic E-state index is -1.38. The number of aromatic hydroxyl groups is 2. The number of carboxylic acid groups (broad SMARTS) is 1. The number of ketones is 1. The van der Waals surface area contributed by atoms with Crippen molar-refractivity contribution in [1.82, 2.24) is 0 Å². The molecule has 0 fully saturated rings.